The molecule has 0 spiro atoms. The van der Waals surface area contributed by atoms with Gasteiger partial charge >= 0.3 is 0 Å². The zero-order valence-electron chi connectivity index (χ0n) is 14.2. The molecule has 0 radical (unpaired) electrons. The molecule has 0 saturated carbocycles. The molecule has 2 nitrogen and oxygen atoms in total. The first-order valence-corrected chi connectivity index (χ1v) is 11.6. The van der Waals surface area contributed by atoms with E-state index in [0.717, 1.165) is 29.4 Å². The third-order valence-electron chi connectivity index (χ3n) is 4.61. The molecule has 120 valence electrons. The van der Waals surface area contributed by atoms with Crippen molar-refractivity contribution in [1.29, 1.82) is 0 Å². The molecule has 0 unspecified atom stereocenters. The lowest BCUT2D eigenvalue weighted by Gasteiger charge is -2.36. The van der Waals surface area contributed by atoms with Crippen LogP contribution in [0.25, 0.3) is 10.9 Å². The summed E-state index contributed by atoms with van der Waals surface area (Å²) in [5.41, 5.74) is 2.40. The molecule has 2 rings (SSSR count). The highest BCUT2D eigenvalue weighted by Gasteiger charge is 2.36. The Bertz CT molecular complexity index is 649. The summed E-state index contributed by atoms with van der Waals surface area (Å²) in [7, 11) is -1.63. The van der Waals surface area contributed by atoms with E-state index in [0.29, 0.717) is 0 Å². The van der Waals surface area contributed by atoms with Crippen LogP contribution in [0.1, 0.15) is 32.8 Å². The van der Waals surface area contributed by atoms with Gasteiger partial charge in [0.1, 0.15) is 0 Å². The van der Waals surface area contributed by atoms with Crippen molar-refractivity contribution in [3.63, 3.8) is 0 Å². The summed E-state index contributed by atoms with van der Waals surface area (Å²) in [4.78, 5) is 4.54. The van der Waals surface area contributed by atoms with Gasteiger partial charge in [-0.25, -0.2) is 0 Å². The number of hydrogen-bond acceptors (Lipinski definition) is 2. The molecule has 0 N–H and O–H groups in total. The summed E-state index contributed by atoms with van der Waals surface area (Å²) >= 11 is 3.60. The Balaban J connectivity index is 2.01. The molecule has 0 atom stereocenters. The van der Waals surface area contributed by atoms with E-state index in [1.54, 1.807) is 0 Å². The average molecular weight is 380 g/mol. The first kappa shape index (κ1) is 17.6. The first-order valence-electron chi connectivity index (χ1n) is 7.88. The number of benzene rings is 1. The minimum absolute atomic E-state index is 0.275. The molecule has 4 heteroatoms. The topological polar surface area (TPSA) is 22.1 Å². The minimum atomic E-state index is -1.63. The molecule has 0 aliphatic heterocycles. The first-order chi connectivity index (χ1) is 10.2. The Hall–Kier alpha value is -0.713. The van der Waals surface area contributed by atoms with E-state index in [4.69, 9.17) is 4.43 Å². The van der Waals surface area contributed by atoms with Gasteiger partial charge in [-0.2, -0.15) is 0 Å². The number of nitrogens with zero attached hydrogens (tertiary/aromatic N) is 1. The van der Waals surface area contributed by atoms with Gasteiger partial charge < -0.3 is 4.43 Å². The van der Waals surface area contributed by atoms with Crippen molar-refractivity contribution in [3.05, 3.63) is 40.5 Å². The van der Waals surface area contributed by atoms with Crippen molar-refractivity contribution in [2.75, 3.05) is 6.61 Å². The third-order valence-corrected chi connectivity index (χ3v) is 9.60. The molecular formula is C18H26BrNOSi. The van der Waals surface area contributed by atoms with Crippen molar-refractivity contribution < 1.29 is 4.43 Å². The summed E-state index contributed by atoms with van der Waals surface area (Å²) in [6, 6.07) is 8.40. The van der Waals surface area contributed by atoms with Crippen molar-refractivity contribution >= 4 is 35.2 Å². The number of halogens is 1. The molecule has 2 aromatic rings. The SMILES string of the molecule is CC(C)(C)[Si](C)(C)OCCCc1cc(Br)cc2cccnc12. The van der Waals surface area contributed by atoms with E-state index in [-0.39, 0.29) is 5.04 Å². The lowest BCUT2D eigenvalue weighted by atomic mass is 10.1. The molecule has 0 saturated heterocycles. The summed E-state index contributed by atoms with van der Waals surface area (Å²) in [6.07, 6.45) is 3.90. The third kappa shape index (κ3) is 4.18. The van der Waals surface area contributed by atoms with Gasteiger partial charge in [0.15, 0.2) is 8.32 Å². The summed E-state index contributed by atoms with van der Waals surface area (Å²) in [6.45, 7) is 12.3. The van der Waals surface area contributed by atoms with Crippen LogP contribution >= 0.6 is 15.9 Å². The Labute approximate surface area is 143 Å². The minimum Gasteiger partial charge on any atom is -0.417 e. The molecule has 1 heterocycles. The second-order valence-corrected chi connectivity index (χ2v) is 13.1. The maximum Gasteiger partial charge on any atom is 0.191 e. The number of hydrogen-bond donors (Lipinski definition) is 0. The highest BCUT2D eigenvalue weighted by atomic mass is 79.9. The molecule has 0 aliphatic rings. The van der Waals surface area contributed by atoms with E-state index < -0.39 is 8.32 Å². The maximum absolute atomic E-state index is 6.26. The van der Waals surface area contributed by atoms with Gasteiger partial charge in [-0.3, -0.25) is 4.98 Å². The van der Waals surface area contributed by atoms with Gasteiger partial charge in [-0.15, -0.1) is 0 Å². The lowest BCUT2D eigenvalue weighted by molar-refractivity contribution is 0.282. The predicted molar refractivity (Wildman–Crippen MR) is 101 cm³/mol. The van der Waals surface area contributed by atoms with Crippen LogP contribution in [0.2, 0.25) is 18.1 Å². The molecule has 0 amide bonds. The van der Waals surface area contributed by atoms with Crippen LogP contribution in [0.15, 0.2) is 34.9 Å². The fraction of sp³-hybridized carbons (Fsp3) is 0.500. The standard InChI is InChI=1S/C18H26BrNOSi/c1-18(2,3)22(4,5)21-11-7-9-15-13-16(19)12-14-8-6-10-20-17(14)15/h6,8,10,12-13H,7,9,11H2,1-5H3. The van der Waals surface area contributed by atoms with Gasteiger partial charge in [-0.1, -0.05) is 42.8 Å². The second kappa shape index (κ2) is 6.81. The molecule has 1 aromatic heterocycles. The Morgan fingerprint density at radius 2 is 1.95 bits per heavy atom. The fourth-order valence-electron chi connectivity index (χ4n) is 2.22. The van der Waals surface area contributed by atoms with Crippen LogP contribution in [0.3, 0.4) is 0 Å². The molecule has 0 bridgehead atoms. The fourth-order valence-corrected chi connectivity index (χ4v) is 3.84. The number of pyridine rings is 1. The van der Waals surface area contributed by atoms with Crippen molar-refractivity contribution in [3.8, 4) is 0 Å². The maximum atomic E-state index is 6.26. The Kier molecular flexibility index (Phi) is 5.46. The van der Waals surface area contributed by atoms with E-state index in [2.05, 4.69) is 73.0 Å². The van der Waals surface area contributed by atoms with Crippen molar-refractivity contribution in [2.24, 2.45) is 0 Å². The Morgan fingerprint density at radius 1 is 1.23 bits per heavy atom. The highest BCUT2D eigenvalue weighted by Crippen LogP contribution is 2.36. The normalized spacial score (nSPS) is 12.8. The molecule has 0 fully saturated rings. The van der Waals surface area contributed by atoms with E-state index in [1.807, 2.05) is 12.3 Å². The lowest BCUT2D eigenvalue weighted by Crippen LogP contribution is -2.41. The molecule has 1 aromatic carbocycles. The van der Waals surface area contributed by atoms with Crippen molar-refractivity contribution in [1.82, 2.24) is 4.98 Å². The average Bonchev–Trinajstić information content (AvgIpc) is 2.42. The smallest absolute Gasteiger partial charge is 0.191 e. The zero-order valence-corrected chi connectivity index (χ0v) is 16.8. The summed E-state index contributed by atoms with van der Waals surface area (Å²) < 4.78 is 7.38. The Morgan fingerprint density at radius 3 is 2.64 bits per heavy atom. The number of rotatable bonds is 5. The number of fused-ring (bicyclic) bond motifs is 1. The van der Waals surface area contributed by atoms with Gasteiger partial charge in [0.25, 0.3) is 0 Å². The van der Waals surface area contributed by atoms with Gasteiger partial charge in [0.2, 0.25) is 0 Å². The summed E-state index contributed by atoms with van der Waals surface area (Å²) in [5, 5.41) is 1.47. The quantitative estimate of drug-likeness (QED) is 0.472. The molecular weight excluding hydrogens is 354 g/mol. The highest BCUT2D eigenvalue weighted by molar-refractivity contribution is 9.10. The van der Waals surface area contributed by atoms with Crippen LogP contribution in [-0.2, 0) is 10.8 Å². The zero-order chi connectivity index (χ0) is 16.4. The van der Waals surface area contributed by atoms with Crippen molar-refractivity contribution in [2.45, 2.75) is 51.7 Å². The number of aromatic nitrogens is 1. The van der Waals surface area contributed by atoms with Gasteiger partial charge in [0, 0.05) is 22.7 Å². The van der Waals surface area contributed by atoms with Crippen LogP contribution in [-0.4, -0.2) is 19.9 Å². The largest absolute Gasteiger partial charge is 0.417 e. The van der Waals surface area contributed by atoms with Crippen LogP contribution in [0.5, 0.6) is 0 Å². The molecule has 22 heavy (non-hydrogen) atoms. The summed E-state index contributed by atoms with van der Waals surface area (Å²) in [5.74, 6) is 0. The monoisotopic (exact) mass is 379 g/mol. The van der Waals surface area contributed by atoms with Gasteiger partial charge in [0.05, 0.1) is 5.52 Å². The molecule has 0 aliphatic carbocycles. The van der Waals surface area contributed by atoms with Crippen LogP contribution < -0.4 is 0 Å². The van der Waals surface area contributed by atoms with E-state index >= 15 is 0 Å². The van der Waals surface area contributed by atoms with E-state index in [9.17, 15) is 0 Å². The van der Waals surface area contributed by atoms with E-state index in [1.165, 1.54) is 10.9 Å². The second-order valence-electron chi connectivity index (χ2n) is 7.35. The predicted octanol–water partition coefficient (Wildman–Crippen LogP) is 5.95. The van der Waals surface area contributed by atoms with Crippen LogP contribution in [0, 0.1) is 0 Å². The van der Waals surface area contributed by atoms with Crippen LogP contribution in [0.4, 0.5) is 0 Å². The van der Waals surface area contributed by atoms with Gasteiger partial charge in [-0.05, 0) is 54.7 Å². The number of aryl methyl sites for hydroxylation is 1.